The van der Waals surface area contributed by atoms with Crippen molar-refractivity contribution in [2.45, 2.75) is 38.8 Å². The number of aromatic nitrogens is 1. The molecule has 0 spiro atoms. The molecule has 7 nitrogen and oxygen atoms in total. The summed E-state index contributed by atoms with van der Waals surface area (Å²) >= 11 is 0. The van der Waals surface area contributed by atoms with E-state index in [9.17, 15) is 23.2 Å². The Labute approximate surface area is 165 Å². The highest BCUT2D eigenvalue weighted by Crippen LogP contribution is 2.40. The number of nitrogens with one attached hydrogen (secondary N) is 1. The molecule has 1 aliphatic carbocycles. The van der Waals surface area contributed by atoms with Crippen molar-refractivity contribution in [1.29, 1.82) is 0 Å². The highest BCUT2D eigenvalue weighted by molar-refractivity contribution is 6.00. The van der Waals surface area contributed by atoms with Crippen LogP contribution in [0.3, 0.4) is 0 Å². The summed E-state index contributed by atoms with van der Waals surface area (Å²) in [6.45, 7) is 3.43. The third-order valence-corrected chi connectivity index (χ3v) is 4.96. The van der Waals surface area contributed by atoms with Gasteiger partial charge in [0.2, 0.25) is 11.2 Å². The molecule has 0 bridgehead atoms. The van der Waals surface area contributed by atoms with Crippen molar-refractivity contribution in [2.75, 3.05) is 14.2 Å². The van der Waals surface area contributed by atoms with Gasteiger partial charge in [0.1, 0.15) is 11.6 Å². The number of amides is 1. The van der Waals surface area contributed by atoms with Crippen molar-refractivity contribution in [3.8, 4) is 5.75 Å². The average molecular weight is 408 g/mol. The zero-order chi connectivity index (χ0) is 21.5. The molecule has 0 aliphatic heterocycles. The van der Waals surface area contributed by atoms with E-state index in [1.807, 2.05) is 0 Å². The molecule has 2 aromatic rings. The van der Waals surface area contributed by atoms with Gasteiger partial charge in [0.15, 0.2) is 11.6 Å². The molecule has 1 aromatic carbocycles. The number of carbonyl (C=O) groups is 2. The highest BCUT2D eigenvalue weighted by Gasteiger charge is 2.32. The van der Waals surface area contributed by atoms with E-state index in [0.29, 0.717) is 0 Å². The van der Waals surface area contributed by atoms with Gasteiger partial charge in [0.25, 0.3) is 5.91 Å². The van der Waals surface area contributed by atoms with Crippen molar-refractivity contribution in [3.63, 3.8) is 0 Å². The Hall–Kier alpha value is -2.97. The lowest BCUT2D eigenvalue weighted by Gasteiger charge is -2.21. The minimum Gasteiger partial charge on any atom is -0.491 e. The van der Waals surface area contributed by atoms with Gasteiger partial charge in [-0.3, -0.25) is 9.59 Å². The van der Waals surface area contributed by atoms with Gasteiger partial charge >= 0.3 is 5.97 Å². The van der Waals surface area contributed by atoms with Crippen LogP contribution in [-0.4, -0.2) is 36.7 Å². The first-order valence-electron chi connectivity index (χ1n) is 9.20. The number of esters is 1. The second-order valence-electron chi connectivity index (χ2n) is 7.33. The van der Waals surface area contributed by atoms with Crippen molar-refractivity contribution >= 4 is 22.8 Å². The minimum atomic E-state index is -1.25. The van der Waals surface area contributed by atoms with Crippen molar-refractivity contribution in [1.82, 2.24) is 9.88 Å². The number of methoxy groups -OCH3 is 2. The number of ether oxygens (including phenoxy) is 2. The van der Waals surface area contributed by atoms with E-state index >= 15 is 0 Å². The number of nitrogens with zero attached hydrogens (tertiary/aromatic N) is 1. The summed E-state index contributed by atoms with van der Waals surface area (Å²) < 4.78 is 39.6. The Morgan fingerprint density at radius 3 is 2.41 bits per heavy atom. The smallest absolute Gasteiger partial charge is 0.328 e. The van der Waals surface area contributed by atoms with Crippen LogP contribution in [0.15, 0.2) is 17.1 Å². The Morgan fingerprint density at radius 1 is 1.24 bits per heavy atom. The summed E-state index contributed by atoms with van der Waals surface area (Å²) in [6.07, 6.45) is 2.84. The van der Waals surface area contributed by atoms with Crippen molar-refractivity contribution < 1.29 is 27.8 Å². The van der Waals surface area contributed by atoms with Gasteiger partial charge in [0, 0.05) is 12.2 Å². The van der Waals surface area contributed by atoms with E-state index in [1.165, 1.54) is 20.4 Å². The molecule has 1 N–H and O–H groups in total. The lowest BCUT2D eigenvalue weighted by molar-refractivity contribution is -0.144. The first kappa shape index (κ1) is 20.8. The van der Waals surface area contributed by atoms with E-state index in [2.05, 4.69) is 5.32 Å². The summed E-state index contributed by atoms with van der Waals surface area (Å²) in [5.41, 5.74) is -0.949. The zero-order valence-electron chi connectivity index (χ0n) is 16.5. The largest absolute Gasteiger partial charge is 0.491 e. The average Bonchev–Trinajstić information content (AvgIpc) is 3.52. The molecular weight excluding hydrogens is 386 g/mol. The topological polar surface area (TPSA) is 86.6 Å². The third kappa shape index (κ3) is 3.68. The number of carbonyl (C=O) groups excluding carboxylic acids is 2. The normalized spacial score (nSPS) is 14.7. The number of benzene rings is 1. The third-order valence-electron chi connectivity index (χ3n) is 4.96. The number of hydrogen-bond donors (Lipinski definition) is 1. The van der Waals surface area contributed by atoms with E-state index in [-0.39, 0.29) is 34.2 Å². The Balaban J connectivity index is 2.18. The predicted molar refractivity (Wildman–Crippen MR) is 101 cm³/mol. The summed E-state index contributed by atoms with van der Waals surface area (Å²) in [7, 11) is 2.38. The number of rotatable bonds is 6. The molecule has 3 rings (SSSR count). The van der Waals surface area contributed by atoms with E-state index in [4.69, 9.17) is 9.47 Å². The van der Waals surface area contributed by atoms with E-state index in [1.54, 1.807) is 18.4 Å². The Bertz CT molecular complexity index is 1040. The van der Waals surface area contributed by atoms with E-state index < -0.39 is 35.0 Å². The van der Waals surface area contributed by atoms with Crippen molar-refractivity contribution in [2.24, 2.45) is 5.92 Å². The van der Waals surface area contributed by atoms with Crippen LogP contribution >= 0.6 is 0 Å². The molecule has 1 saturated carbocycles. The number of pyridine rings is 1. The summed E-state index contributed by atoms with van der Waals surface area (Å²) in [5, 5.41) is 2.34. The molecular formula is C20H22F2N2O5. The molecule has 1 aromatic heterocycles. The molecule has 156 valence electrons. The van der Waals surface area contributed by atoms with Crippen LogP contribution in [0.2, 0.25) is 0 Å². The Morgan fingerprint density at radius 2 is 1.90 bits per heavy atom. The molecule has 1 amide bonds. The van der Waals surface area contributed by atoms with Crippen LogP contribution in [-0.2, 0) is 9.53 Å². The number of fused-ring (bicyclic) bond motifs is 1. The van der Waals surface area contributed by atoms with Gasteiger partial charge < -0.3 is 19.4 Å². The summed E-state index contributed by atoms with van der Waals surface area (Å²) in [6, 6.07) is -0.257. The number of hydrogen-bond acceptors (Lipinski definition) is 5. The molecule has 1 atom stereocenters. The van der Waals surface area contributed by atoms with Gasteiger partial charge in [-0.15, -0.1) is 0 Å². The second kappa shape index (κ2) is 7.81. The fourth-order valence-corrected chi connectivity index (χ4v) is 3.26. The molecule has 1 unspecified atom stereocenters. The molecule has 1 aliphatic rings. The van der Waals surface area contributed by atoms with Gasteiger partial charge in [-0.05, 0) is 24.8 Å². The maximum atomic E-state index is 14.2. The van der Waals surface area contributed by atoms with Gasteiger partial charge in [-0.25, -0.2) is 9.18 Å². The molecule has 9 heteroatoms. The van der Waals surface area contributed by atoms with Crippen LogP contribution in [0.5, 0.6) is 5.75 Å². The zero-order valence-corrected chi connectivity index (χ0v) is 16.5. The molecule has 1 heterocycles. The molecule has 0 saturated heterocycles. The lowest BCUT2D eigenvalue weighted by Crippen LogP contribution is -2.46. The molecule has 29 heavy (non-hydrogen) atoms. The quantitative estimate of drug-likeness (QED) is 0.743. The van der Waals surface area contributed by atoms with Gasteiger partial charge in [-0.1, -0.05) is 13.8 Å². The van der Waals surface area contributed by atoms with Crippen molar-refractivity contribution in [3.05, 3.63) is 39.7 Å². The van der Waals surface area contributed by atoms with Crippen LogP contribution < -0.4 is 15.5 Å². The van der Waals surface area contributed by atoms with E-state index in [0.717, 1.165) is 18.9 Å². The standard InChI is InChI=1S/C20H22F2N2O5/c1-9(2)15(20(27)29-4)23-19(26)12-8-24(10-5-6-10)16-11(17(12)25)7-13(21)14(22)18(16)28-3/h7-10,15H,5-6H2,1-4H3,(H,23,26). The summed E-state index contributed by atoms with van der Waals surface area (Å²) in [4.78, 5) is 37.7. The fraction of sp³-hybridized carbons (Fsp3) is 0.450. The van der Waals surface area contributed by atoms with Gasteiger partial charge in [-0.2, -0.15) is 4.39 Å². The maximum absolute atomic E-state index is 14.2. The number of halogens is 2. The second-order valence-corrected chi connectivity index (χ2v) is 7.33. The first-order chi connectivity index (χ1) is 13.7. The monoisotopic (exact) mass is 408 g/mol. The SMILES string of the molecule is COC(=O)C(NC(=O)c1cn(C2CC2)c2c(OC)c(F)c(F)cc2c1=O)C(C)C. The maximum Gasteiger partial charge on any atom is 0.328 e. The van der Waals surface area contributed by atoms with Gasteiger partial charge in [0.05, 0.1) is 25.1 Å². The van der Waals surface area contributed by atoms with Crippen LogP contribution in [0.1, 0.15) is 43.1 Å². The van der Waals surface area contributed by atoms with Crippen LogP contribution in [0, 0.1) is 17.6 Å². The first-order valence-corrected chi connectivity index (χ1v) is 9.20. The predicted octanol–water partition coefficient (Wildman–Crippen LogP) is 2.55. The van der Waals surface area contributed by atoms with Crippen LogP contribution in [0.4, 0.5) is 8.78 Å². The summed E-state index contributed by atoms with van der Waals surface area (Å²) in [5.74, 6) is -4.56. The lowest BCUT2D eigenvalue weighted by atomic mass is 10.0. The fourth-order valence-electron chi connectivity index (χ4n) is 3.26. The highest BCUT2D eigenvalue weighted by atomic mass is 19.2. The minimum absolute atomic E-state index is 0.0649. The molecule has 1 fully saturated rings. The Kier molecular flexibility index (Phi) is 5.59. The van der Waals surface area contributed by atoms with Crippen LogP contribution in [0.25, 0.3) is 10.9 Å². The molecule has 0 radical (unpaired) electrons.